The standard InChI is InChI=1S/C71H112O2/c1-7-8-9-10-11-12-13-14-15-16-17-18-19-20-21-22-23-24-25-26-27-28-29-30-31-32-33-34-35-36-37-38-39-40-41-42-43-44-45-46-47-51-69(72)73-64-56-58-70(5)63(60-64)52-53-65-67-55-54-66(62(4)50-48-49-61(2)3)71(67,6)59-57-68(65)70/h8-9,11-12,14-15,17-18,20-21,23-24,26-27,29-30,32-33,35-36,52,61-62,64-68H,7,10,13,16,19,22,25,28,31,34,37-51,53-60H2,1-6H3/b9-8-,12-11-,15-14-,18-17-,21-20-,24-23-,27-26-,30-29-,33-32-,36-35-. The van der Waals surface area contributed by atoms with Crippen molar-refractivity contribution in [1.29, 1.82) is 0 Å². The Kier molecular flexibility index (Phi) is 32.5. The highest BCUT2D eigenvalue weighted by molar-refractivity contribution is 5.69. The summed E-state index contributed by atoms with van der Waals surface area (Å²) in [7, 11) is 0. The Morgan fingerprint density at radius 2 is 1.00 bits per heavy atom. The molecule has 3 fully saturated rings. The van der Waals surface area contributed by atoms with Crippen molar-refractivity contribution in [1.82, 2.24) is 0 Å². The van der Waals surface area contributed by atoms with Crippen LogP contribution in [0, 0.1) is 46.3 Å². The molecule has 0 heterocycles. The van der Waals surface area contributed by atoms with Crippen molar-refractivity contribution in [2.75, 3.05) is 0 Å². The molecule has 0 bridgehead atoms. The molecule has 4 rings (SSSR count). The number of carbonyl (C=O) groups is 1. The Hall–Kier alpha value is -3.39. The highest BCUT2D eigenvalue weighted by Crippen LogP contribution is 2.67. The number of fused-ring (bicyclic) bond motifs is 5. The SMILES string of the molecule is CC/C=C\C/C=C\C/C=C\C/C=C\C/C=C\C/C=C\C/C=C\C/C=C\C/C=C\C/C=C\CCCCCCCCCCCCC(=O)OC1CCC2(C)C(=CCC3C2CCC2(C)C(C(C)CCCC(C)C)CCC32)C1. The number of hydrogen-bond donors (Lipinski definition) is 0. The molecule has 0 aliphatic heterocycles. The van der Waals surface area contributed by atoms with E-state index in [1.54, 1.807) is 5.57 Å². The molecule has 0 aromatic carbocycles. The number of esters is 1. The monoisotopic (exact) mass is 997 g/mol. The third-order valence-corrected chi connectivity index (χ3v) is 17.9. The van der Waals surface area contributed by atoms with E-state index in [4.69, 9.17) is 4.74 Å². The van der Waals surface area contributed by atoms with Crippen molar-refractivity contribution in [3.8, 4) is 0 Å². The van der Waals surface area contributed by atoms with Gasteiger partial charge in [0, 0.05) is 12.8 Å². The van der Waals surface area contributed by atoms with E-state index in [2.05, 4.69) is 169 Å². The van der Waals surface area contributed by atoms with Crippen LogP contribution in [0.5, 0.6) is 0 Å². The van der Waals surface area contributed by atoms with E-state index in [-0.39, 0.29) is 12.1 Å². The van der Waals surface area contributed by atoms with Crippen LogP contribution < -0.4 is 0 Å². The lowest BCUT2D eigenvalue weighted by Gasteiger charge is -2.58. The van der Waals surface area contributed by atoms with Crippen molar-refractivity contribution in [2.45, 2.75) is 260 Å². The van der Waals surface area contributed by atoms with Crippen LogP contribution >= 0.6 is 0 Å². The molecule has 2 nitrogen and oxygen atoms in total. The van der Waals surface area contributed by atoms with E-state index in [9.17, 15) is 4.79 Å². The Morgan fingerprint density at radius 1 is 0.534 bits per heavy atom. The summed E-state index contributed by atoms with van der Waals surface area (Å²) in [5, 5.41) is 0. The summed E-state index contributed by atoms with van der Waals surface area (Å²) >= 11 is 0. The number of rotatable bonds is 38. The van der Waals surface area contributed by atoms with Gasteiger partial charge in [-0.1, -0.05) is 245 Å². The zero-order valence-corrected chi connectivity index (χ0v) is 48.3. The molecule has 0 aromatic rings. The van der Waals surface area contributed by atoms with Gasteiger partial charge in [0.1, 0.15) is 6.10 Å². The van der Waals surface area contributed by atoms with E-state index < -0.39 is 0 Å². The summed E-state index contributed by atoms with van der Waals surface area (Å²) in [6.45, 7) is 14.8. The number of hydrogen-bond acceptors (Lipinski definition) is 2. The van der Waals surface area contributed by atoms with Gasteiger partial charge in [0.2, 0.25) is 0 Å². The van der Waals surface area contributed by atoms with Gasteiger partial charge >= 0.3 is 5.97 Å². The molecule has 0 saturated heterocycles. The predicted molar refractivity (Wildman–Crippen MR) is 322 cm³/mol. The summed E-state index contributed by atoms with van der Waals surface area (Å²) in [4.78, 5) is 13.0. The average Bonchev–Trinajstić information content (AvgIpc) is 3.74. The van der Waals surface area contributed by atoms with Gasteiger partial charge in [0.05, 0.1) is 0 Å². The minimum atomic E-state index is 0.0540. The molecule has 0 radical (unpaired) electrons. The fourth-order valence-electron chi connectivity index (χ4n) is 13.7. The second-order valence-corrected chi connectivity index (χ2v) is 24.0. The molecule has 0 aromatic heterocycles. The van der Waals surface area contributed by atoms with Crippen LogP contribution in [-0.2, 0) is 9.53 Å². The van der Waals surface area contributed by atoms with Gasteiger partial charge < -0.3 is 4.74 Å². The fourth-order valence-corrected chi connectivity index (χ4v) is 13.7. The largest absolute Gasteiger partial charge is 0.462 e. The highest BCUT2D eigenvalue weighted by Gasteiger charge is 2.59. The topological polar surface area (TPSA) is 26.3 Å². The zero-order valence-electron chi connectivity index (χ0n) is 48.3. The second kappa shape index (κ2) is 38.2. The Bertz CT molecular complexity index is 1800. The van der Waals surface area contributed by atoms with Crippen LogP contribution in [0.3, 0.4) is 0 Å². The first-order chi connectivity index (χ1) is 35.7. The molecule has 8 atom stereocenters. The van der Waals surface area contributed by atoms with Crippen LogP contribution in [0.25, 0.3) is 0 Å². The van der Waals surface area contributed by atoms with E-state index in [1.165, 1.54) is 116 Å². The normalized spacial score (nSPS) is 26.2. The van der Waals surface area contributed by atoms with Crippen LogP contribution in [-0.4, -0.2) is 12.1 Å². The minimum Gasteiger partial charge on any atom is -0.462 e. The van der Waals surface area contributed by atoms with Gasteiger partial charge in [-0.05, 0) is 175 Å². The van der Waals surface area contributed by atoms with Crippen molar-refractivity contribution in [2.24, 2.45) is 46.3 Å². The highest BCUT2D eigenvalue weighted by atomic mass is 16.5. The minimum absolute atomic E-state index is 0.0540. The number of ether oxygens (including phenoxy) is 1. The lowest BCUT2D eigenvalue weighted by atomic mass is 9.47. The quantitative estimate of drug-likeness (QED) is 0.0350. The molecule has 4 aliphatic carbocycles. The van der Waals surface area contributed by atoms with Crippen molar-refractivity contribution >= 4 is 5.97 Å². The molecule has 4 aliphatic rings. The van der Waals surface area contributed by atoms with Gasteiger partial charge in [-0.2, -0.15) is 0 Å². The maximum Gasteiger partial charge on any atom is 0.306 e. The summed E-state index contributed by atoms with van der Waals surface area (Å²) in [5.41, 5.74) is 2.50. The number of allylic oxidation sites excluding steroid dienone is 21. The predicted octanol–water partition coefficient (Wildman–Crippen LogP) is 22.1. The average molecular weight is 998 g/mol. The zero-order chi connectivity index (χ0) is 52.1. The molecular weight excluding hydrogens is 885 g/mol. The van der Waals surface area contributed by atoms with Crippen LogP contribution in [0.2, 0.25) is 0 Å². The van der Waals surface area contributed by atoms with Gasteiger partial charge in [0.15, 0.2) is 0 Å². The van der Waals surface area contributed by atoms with Gasteiger partial charge in [0.25, 0.3) is 0 Å². The van der Waals surface area contributed by atoms with E-state index in [0.717, 1.165) is 125 Å². The molecule has 3 saturated carbocycles. The van der Waals surface area contributed by atoms with Gasteiger partial charge in [-0.15, -0.1) is 0 Å². The van der Waals surface area contributed by atoms with Crippen molar-refractivity contribution in [3.63, 3.8) is 0 Å². The summed E-state index contributed by atoms with van der Waals surface area (Å²) in [6, 6.07) is 0. The third-order valence-electron chi connectivity index (χ3n) is 17.9. The Balaban J connectivity index is 0.894. The molecule has 0 spiro atoms. The molecule has 0 N–H and O–H groups in total. The lowest BCUT2D eigenvalue weighted by molar-refractivity contribution is -0.151. The van der Waals surface area contributed by atoms with Crippen molar-refractivity contribution in [3.05, 3.63) is 133 Å². The van der Waals surface area contributed by atoms with Crippen LogP contribution in [0.15, 0.2) is 133 Å². The first kappa shape index (κ1) is 62.2. The van der Waals surface area contributed by atoms with E-state index >= 15 is 0 Å². The Labute approximate surface area is 452 Å². The first-order valence-corrected chi connectivity index (χ1v) is 31.1. The summed E-state index contributed by atoms with van der Waals surface area (Å²) in [5.74, 6) is 5.27. The molecule has 73 heavy (non-hydrogen) atoms. The van der Waals surface area contributed by atoms with Gasteiger partial charge in [-0.25, -0.2) is 0 Å². The fraction of sp³-hybridized carbons (Fsp3) is 0.676. The van der Waals surface area contributed by atoms with Crippen LogP contribution in [0.1, 0.15) is 253 Å². The maximum absolute atomic E-state index is 13.0. The number of carbonyl (C=O) groups excluding carboxylic acids is 1. The molecule has 2 heteroatoms. The van der Waals surface area contributed by atoms with Gasteiger partial charge in [-0.3, -0.25) is 4.79 Å². The van der Waals surface area contributed by atoms with E-state index in [0.29, 0.717) is 17.3 Å². The van der Waals surface area contributed by atoms with Crippen LogP contribution in [0.4, 0.5) is 0 Å². The smallest absolute Gasteiger partial charge is 0.306 e. The molecule has 8 unspecified atom stereocenters. The molecular formula is C71H112O2. The lowest BCUT2D eigenvalue weighted by Crippen LogP contribution is -2.51. The number of unbranched alkanes of at least 4 members (excludes halogenated alkanes) is 10. The second-order valence-electron chi connectivity index (χ2n) is 24.0. The Morgan fingerprint density at radius 3 is 1.49 bits per heavy atom. The maximum atomic E-state index is 13.0. The first-order valence-electron chi connectivity index (χ1n) is 31.1. The van der Waals surface area contributed by atoms with E-state index in [1.807, 2.05) is 0 Å². The van der Waals surface area contributed by atoms with Crippen molar-refractivity contribution < 1.29 is 9.53 Å². The summed E-state index contributed by atoms with van der Waals surface area (Å²) in [6.07, 6.45) is 87.4. The molecule has 408 valence electrons. The third kappa shape index (κ3) is 24.4. The molecule has 0 amide bonds. The summed E-state index contributed by atoms with van der Waals surface area (Å²) < 4.78 is 6.18.